The highest BCUT2D eigenvalue weighted by Crippen LogP contribution is 2.27. The van der Waals surface area contributed by atoms with Crippen LogP contribution >= 0.6 is 0 Å². The molecule has 1 aromatic carbocycles. The Balaban J connectivity index is 1.65. The molecule has 0 N–H and O–H groups in total. The number of piperazine rings is 1. The monoisotopic (exact) mass is 423 g/mol. The highest BCUT2D eigenvalue weighted by molar-refractivity contribution is 5.99. The first-order valence-electron chi connectivity index (χ1n) is 11.4. The molecular weight excluding hydrogens is 390 g/mol. The lowest BCUT2D eigenvalue weighted by atomic mass is 9.99. The van der Waals surface area contributed by atoms with Crippen LogP contribution in [0.3, 0.4) is 0 Å². The van der Waals surface area contributed by atoms with Gasteiger partial charge in [0.2, 0.25) is 0 Å². The van der Waals surface area contributed by atoms with Gasteiger partial charge in [0.05, 0.1) is 7.11 Å². The van der Waals surface area contributed by atoms with Crippen LogP contribution in [0.15, 0.2) is 30.5 Å². The Bertz CT molecular complexity index is 885. The molecule has 31 heavy (non-hydrogen) atoms. The Kier molecular flexibility index (Phi) is 6.70. The fraction of sp³-hybridized carbons (Fsp3) is 0.542. The summed E-state index contributed by atoms with van der Waals surface area (Å²) in [5, 5.41) is 0. The summed E-state index contributed by atoms with van der Waals surface area (Å²) < 4.78 is 5.27. The van der Waals surface area contributed by atoms with Gasteiger partial charge in [-0.3, -0.25) is 4.79 Å². The first-order chi connectivity index (χ1) is 15.1. The van der Waals surface area contributed by atoms with Crippen LogP contribution in [0.5, 0.6) is 5.75 Å². The number of amides is 1. The van der Waals surface area contributed by atoms with Crippen molar-refractivity contribution in [2.75, 3.05) is 57.8 Å². The number of anilines is 1. The van der Waals surface area contributed by atoms with E-state index >= 15 is 0 Å². The summed E-state index contributed by atoms with van der Waals surface area (Å²) in [5.41, 5.74) is 1.54. The van der Waals surface area contributed by atoms with Crippen LogP contribution in [0.1, 0.15) is 37.0 Å². The van der Waals surface area contributed by atoms with Crippen LogP contribution in [0.4, 0.5) is 5.82 Å². The van der Waals surface area contributed by atoms with Crippen molar-refractivity contribution in [2.24, 2.45) is 5.92 Å². The van der Waals surface area contributed by atoms with Crippen LogP contribution in [-0.2, 0) is 0 Å². The molecule has 2 fully saturated rings. The number of likely N-dealkylation sites (tertiary alicyclic amines) is 1. The standard InChI is InChI=1S/C24H33N5O2/c1-4-27-13-15-28(16-14-27)23-21(24(30)29-11-9-18(2)10-12-29)17-25-22(26-23)19-5-7-20(31-3)8-6-19/h5-8,17-18H,4,9-16H2,1-3H3. The topological polar surface area (TPSA) is 61.8 Å². The lowest BCUT2D eigenvalue weighted by Crippen LogP contribution is -2.47. The number of nitrogens with zero attached hydrogens (tertiary/aromatic N) is 5. The van der Waals surface area contributed by atoms with Crippen LogP contribution < -0.4 is 9.64 Å². The van der Waals surface area contributed by atoms with Crippen molar-refractivity contribution < 1.29 is 9.53 Å². The normalized spacial score (nSPS) is 18.3. The number of benzene rings is 1. The van der Waals surface area contributed by atoms with Crippen LogP contribution in [0.25, 0.3) is 11.4 Å². The van der Waals surface area contributed by atoms with Gasteiger partial charge in [-0.25, -0.2) is 9.97 Å². The highest BCUT2D eigenvalue weighted by Gasteiger charge is 2.28. The fourth-order valence-corrected chi connectivity index (χ4v) is 4.30. The molecular formula is C24H33N5O2. The van der Waals surface area contributed by atoms with E-state index in [1.54, 1.807) is 13.3 Å². The smallest absolute Gasteiger partial charge is 0.259 e. The minimum Gasteiger partial charge on any atom is -0.497 e. The number of ether oxygens (including phenoxy) is 1. The van der Waals surface area contributed by atoms with E-state index in [9.17, 15) is 4.79 Å². The molecule has 2 aliphatic rings. The number of methoxy groups -OCH3 is 1. The average Bonchev–Trinajstić information content (AvgIpc) is 2.84. The lowest BCUT2D eigenvalue weighted by Gasteiger charge is -2.36. The van der Waals surface area contributed by atoms with Gasteiger partial charge in [0.25, 0.3) is 5.91 Å². The van der Waals surface area contributed by atoms with Gasteiger partial charge in [0.1, 0.15) is 17.1 Å². The number of rotatable bonds is 5. The van der Waals surface area contributed by atoms with Gasteiger partial charge in [0.15, 0.2) is 5.82 Å². The van der Waals surface area contributed by atoms with Gasteiger partial charge < -0.3 is 19.4 Å². The predicted octanol–water partition coefficient (Wildman–Crippen LogP) is 3.17. The molecule has 3 heterocycles. The minimum atomic E-state index is 0.0566. The van der Waals surface area contributed by atoms with E-state index in [4.69, 9.17) is 9.72 Å². The summed E-state index contributed by atoms with van der Waals surface area (Å²) in [4.78, 5) is 29.6. The Morgan fingerprint density at radius 3 is 2.35 bits per heavy atom. The molecule has 0 radical (unpaired) electrons. The zero-order chi connectivity index (χ0) is 21.8. The van der Waals surface area contributed by atoms with E-state index in [0.29, 0.717) is 17.3 Å². The maximum atomic E-state index is 13.4. The summed E-state index contributed by atoms with van der Waals surface area (Å²) in [5.74, 6) is 2.94. The van der Waals surface area contributed by atoms with Crippen molar-refractivity contribution in [3.05, 3.63) is 36.0 Å². The zero-order valence-corrected chi connectivity index (χ0v) is 18.9. The summed E-state index contributed by atoms with van der Waals surface area (Å²) in [7, 11) is 1.65. The molecule has 7 nitrogen and oxygen atoms in total. The van der Waals surface area contributed by atoms with E-state index in [2.05, 4.69) is 28.6 Å². The molecule has 2 aromatic rings. The average molecular weight is 424 g/mol. The second kappa shape index (κ2) is 9.64. The Morgan fingerprint density at radius 1 is 1.06 bits per heavy atom. The minimum absolute atomic E-state index is 0.0566. The maximum absolute atomic E-state index is 13.4. The Morgan fingerprint density at radius 2 is 1.74 bits per heavy atom. The number of hydrogen-bond acceptors (Lipinski definition) is 6. The Labute approximate surface area is 185 Å². The molecule has 0 aliphatic carbocycles. The van der Waals surface area contributed by atoms with E-state index in [0.717, 1.165) is 75.8 Å². The lowest BCUT2D eigenvalue weighted by molar-refractivity contribution is 0.0697. The van der Waals surface area contributed by atoms with E-state index in [1.807, 2.05) is 29.2 Å². The molecule has 1 amide bonds. The van der Waals surface area contributed by atoms with Crippen LogP contribution in [-0.4, -0.2) is 78.6 Å². The van der Waals surface area contributed by atoms with E-state index < -0.39 is 0 Å². The van der Waals surface area contributed by atoms with Gasteiger partial charge in [-0.15, -0.1) is 0 Å². The molecule has 2 aliphatic heterocycles. The zero-order valence-electron chi connectivity index (χ0n) is 18.9. The van der Waals surface area contributed by atoms with E-state index in [-0.39, 0.29) is 5.91 Å². The molecule has 0 saturated carbocycles. The van der Waals surface area contributed by atoms with Crippen molar-refractivity contribution >= 4 is 11.7 Å². The first kappa shape index (κ1) is 21.6. The quantitative estimate of drug-likeness (QED) is 0.736. The predicted molar refractivity (Wildman–Crippen MR) is 123 cm³/mol. The molecule has 4 rings (SSSR count). The molecule has 1 aromatic heterocycles. The molecule has 2 saturated heterocycles. The molecule has 0 unspecified atom stereocenters. The van der Waals surface area contributed by atoms with Crippen LogP contribution in [0.2, 0.25) is 0 Å². The summed E-state index contributed by atoms with van der Waals surface area (Å²) in [6, 6.07) is 7.74. The molecule has 7 heteroatoms. The van der Waals surface area contributed by atoms with Crippen molar-refractivity contribution in [2.45, 2.75) is 26.7 Å². The summed E-state index contributed by atoms with van der Waals surface area (Å²) in [6.07, 6.45) is 3.84. The van der Waals surface area contributed by atoms with E-state index in [1.165, 1.54) is 0 Å². The highest BCUT2D eigenvalue weighted by atomic mass is 16.5. The van der Waals surface area contributed by atoms with Gasteiger partial charge >= 0.3 is 0 Å². The largest absolute Gasteiger partial charge is 0.497 e. The van der Waals surface area contributed by atoms with Gasteiger partial charge in [-0.1, -0.05) is 13.8 Å². The van der Waals surface area contributed by atoms with Crippen molar-refractivity contribution in [1.29, 1.82) is 0 Å². The summed E-state index contributed by atoms with van der Waals surface area (Å²) >= 11 is 0. The van der Waals surface area contributed by atoms with Gasteiger partial charge in [-0.05, 0) is 49.6 Å². The molecule has 0 bridgehead atoms. The van der Waals surface area contributed by atoms with Crippen molar-refractivity contribution in [1.82, 2.24) is 19.8 Å². The summed E-state index contributed by atoms with van der Waals surface area (Å²) in [6.45, 7) is 10.8. The number of piperidine rings is 1. The third kappa shape index (κ3) is 4.82. The number of carbonyl (C=O) groups excluding carboxylic acids is 1. The Hall–Kier alpha value is -2.67. The SMILES string of the molecule is CCN1CCN(c2nc(-c3ccc(OC)cc3)ncc2C(=O)N2CCC(C)CC2)CC1. The number of aromatic nitrogens is 2. The molecule has 166 valence electrons. The fourth-order valence-electron chi connectivity index (χ4n) is 4.30. The number of carbonyl (C=O) groups is 1. The second-order valence-corrected chi connectivity index (χ2v) is 8.56. The van der Waals surface area contributed by atoms with Gasteiger partial charge in [0, 0.05) is 51.0 Å². The van der Waals surface area contributed by atoms with Gasteiger partial charge in [-0.2, -0.15) is 0 Å². The third-order valence-corrected chi connectivity index (χ3v) is 6.54. The van der Waals surface area contributed by atoms with Crippen LogP contribution in [0, 0.1) is 5.92 Å². The molecule has 0 spiro atoms. The number of hydrogen-bond donors (Lipinski definition) is 0. The second-order valence-electron chi connectivity index (χ2n) is 8.56. The van der Waals surface area contributed by atoms with Crippen molar-refractivity contribution in [3.63, 3.8) is 0 Å². The number of likely N-dealkylation sites (N-methyl/N-ethyl adjacent to an activating group) is 1. The molecule has 0 atom stereocenters. The first-order valence-corrected chi connectivity index (χ1v) is 11.4. The van der Waals surface area contributed by atoms with Crippen molar-refractivity contribution in [3.8, 4) is 17.1 Å². The third-order valence-electron chi connectivity index (χ3n) is 6.54. The maximum Gasteiger partial charge on any atom is 0.259 e.